The number of benzene rings is 4. The molecule has 430 valence electrons. The first-order chi connectivity index (χ1) is 39.2. The Bertz CT molecular complexity index is 3140. The lowest BCUT2D eigenvalue weighted by molar-refractivity contribution is -0.143. The van der Waals surface area contributed by atoms with Crippen LogP contribution in [0.2, 0.25) is 0 Å². The number of amides is 5. The number of halogens is 3. The number of rotatable bonds is 16. The number of nitrogens with zero attached hydrogens (tertiary/aromatic N) is 6. The molecule has 5 aliphatic rings. The summed E-state index contributed by atoms with van der Waals surface area (Å²) in [6, 6.07) is 21.7. The molecule has 0 unspecified atom stereocenters. The first-order valence-electron chi connectivity index (χ1n) is 29.1. The van der Waals surface area contributed by atoms with Crippen LogP contribution in [0.25, 0.3) is 10.8 Å². The first kappa shape index (κ1) is 57.3. The molecule has 16 nitrogen and oxygen atoms in total. The van der Waals surface area contributed by atoms with Crippen molar-refractivity contribution in [3.8, 4) is 0 Å². The van der Waals surface area contributed by atoms with Crippen LogP contribution < -0.4 is 16.2 Å². The Kier molecular flexibility index (Phi) is 18.6. The van der Waals surface area contributed by atoms with Crippen LogP contribution in [0.1, 0.15) is 127 Å². The number of aromatic nitrogens is 2. The van der Waals surface area contributed by atoms with Gasteiger partial charge in [0.15, 0.2) is 0 Å². The number of carbonyl (C=O) groups excluding carboxylic acids is 5. The van der Waals surface area contributed by atoms with Gasteiger partial charge >= 0.3 is 0 Å². The first-order valence-corrected chi connectivity index (χ1v) is 29.1. The summed E-state index contributed by atoms with van der Waals surface area (Å²) < 4.78 is 49.4. The fraction of sp³-hybridized carbons (Fsp3) is 0.500. The van der Waals surface area contributed by atoms with Crippen LogP contribution in [0.4, 0.5) is 13.2 Å². The van der Waals surface area contributed by atoms with Gasteiger partial charge in [-0.15, -0.1) is 0 Å². The quantitative estimate of drug-likeness (QED) is 0.0936. The molecule has 1 aliphatic carbocycles. The molecule has 5 heterocycles. The van der Waals surface area contributed by atoms with Gasteiger partial charge in [0, 0.05) is 106 Å². The summed E-state index contributed by atoms with van der Waals surface area (Å²) >= 11 is 0. The molecule has 4 aliphatic heterocycles. The molecule has 1 aromatic heterocycles. The molecule has 0 spiro atoms. The topological polar surface area (TPSA) is 181 Å². The summed E-state index contributed by atoms with van der Waals surface area (Å²) in [5.74, 6) is -2.80. The van der Waals surface area contributed by atoms with Crippen molar-refractivity contribution in [3.63, 3.8) is 0 Å². The van der Waals surface area contributed by atoms with E-state index in [4.69, 9.17) is 4.74 Å². The van der Waals surface area contributed by atoms with E-state index in [9.17, 15) is 37.5 Å². The van der Waals surface area contributed by atoms with Crippen molar-refractivity contribution >= 4 is 40.3 Å². The lowest BCUT2D eigenvalue weighted by atomic mass is 9.82. The smallest absolute Gasteiger partial charge is 0.272 e. The number of aromatic amines is 1. The molecule has 4 atom stereocenters. The van der Waals surface area contributed by atoms with Gasteiger partial charge in [0.05, 0.1) is 41.9 Å². The van der Waals surface area contributed by atoms with E-state index in [1.54, 1.807) is 45.0 Å². The fourth-order valence-electron chi connectivity index (χ4n) is 12.8. The molecular formula is C62H74F3N9O7. The molecule has 10 rings (SSSR count). The van der Waals surface area contributed by atoms with Crippen LogP contribution in [0, 0.1) is 23.4 Å². The van der Waals surface area contributed by atoms with Gasteiger partial charge in [-0.2, -0.15) is 5.10 Å². The maximum Gasteiger partial charge on any atom is 0.272 e. The molecule has 0 radical (unpaired) electrons. The number of piperazine rings is 1. The summed E-state index contributed by atoms with van der Waals surface area (Å²) in [7, 11) is 0. The minimum Gasteiger partial charge on any atom is -0.375 e. The molecule has 1 saturated carbocycles. The van der Waals surface area contributed by atoms with Crippen LogP contribution in [-0.2, 0) is 32.1 Å². The average Bonchev–Trinajstić information content (AvgIpc) is 3.49. The van der Waals surface area contributed by atoms with Gasteiger partial charge in [0.25, 0.3) is 17.4 Å². The van der Waals surface area contributed by atoms with E-state index in [1.807, 2.05) is 35.2 Å². The number of H-pyrrole nitrogens is 1. The normalized spacial score (nSPS) is 21.0. The summed E-state index contributed by atoms with van der Waals surface area (Å²) in [5.41, 5.74) is 2.66. The molecule has 3 N–H and O–H groups in total. The van der Waals surface area contributed by atoms with Crippen LogP contribution in [0.15, 0.2) is 89.7 Å². The SMILES string of the molecule is C[C@@H]1C[C@H](OC2CCN(CC(=O)N3CCN(C(=O)c4cc(Cc5n[nH]c(=O)c6ccccc56)ccc4F)CC3)CC2)CCN1C(=O)[C@H](NC(=O)c1cccc([C@@H]2CCCN(C(=O)CNCc3ccc(F)cc3F)C2)c1)C1CCCCC1. The number of hydrogen-bond donors (Lipinski definition) is 3. The number of likely N-dealkylation sites (tertiary alicyclic amines) is 3. The van der Waals surface area contributed by atoms with E-state index < -0.39 is 29.4 Å². The number of piperidine rings is 3. The van der Waals surface area contributed by atoms with E-state index in [0.29, 0.717) is 92.7 Å². The zero-order valence-electron chi connectivity index (χ0n) is 46.2. The summed E-state index contributed by atoms with van der Waals surface area (Å²) in [6.07, 6.45) is 9.70. The third kappa shape index (κ3) is 14.0. The highest BCUT2D eigenvalue weighted by molar-refractivity contribution is 5.98. The second-order valence-electron chi connectivity index (χ2n) is 22.8. The summed E-state index contributed by atoms with van der Waals surface area (Å²) in [4.78, 5) is 90.8. The summed E-state index contributed by atoms with van der Waals surface area (Å²) in [6.45, 7) is 6.70. The molecular weight excluding hydrogens is 1040 g/mol. The molecule has 4 saturated heterocycles. The van der Waals surface area contributed by atoms with Crippen molar-refractivity contribution in [2.24, 2.45) is 5.92 Å². The Labute approximate surface area is 470 Å². The van der Waals surface area contributed by atoms with Crippen LogP contribution >= 0.6 is 0 Å². The monoisotopic (exact) mass is 1110 g/mol. The van der Waals surface area contributed by atoms with E-state index >= 15 is 4.39 Å². The third-order valence-corrected chi connectivity index (χ3v) is 17.4. The Balaban J connectivity index is 0.661. The molecule has 81 heavy (non-hydrogen) atoms. The maximum atomic E-state index is 15.2. The number of hydrogen-bond acceptors (Lipinski definition) is 10. The Morgan fingerprint density at radius 2 is 1.47 bits per heavy atom. The maximum absolute atomic E-state index is 15.2. The number of nitrogens with one attached hydrogen (secondary N) is 3. The highest BCUT2D eigenvalue weighted by Gasteiger charge is 2.39. The van der Waals surface area contributed by atoms with Crippen molar-refractivity contribution in [1.82, 2.24) is 45.3 Å². The predicted octanol–water partition coefficient (Wildman–Crippen LogP) is 6.95. The van der Waals surface area contributed by atoms with Crippen molar-refractivity contribution in [2.75, 3.05) is 72.0 Å². The Morgan fingerprint density at radius 1 is 0.716 bits per heavy atom. The third-order valence-electron chi connectivity index (χ3n) is 17.4. The predicted molar refractivity (Wildman–Crippen MR) is 300 cm³/mol. The largest absolute Gasteiger partial charge is 0.375 e. The van der Waals surface area contributed by atoms with E-state index in [1.165, 1.54) is 18.2 Å². The molecule has 5 aromatic rings. The fourth-order valence-corrected chi connectivity index (χ4v) is 12.8. The highest BCUT2D eigenvalue weighted by atomic mass is 19.1. The number of ether oxygens (including phenoxy) is 1. The van der Waals surface area contributed by atoms with E-state index in [0.717, 1.165) is 69.4 Å². The lowest BCUT2D eigenvalue weighted by Crippen LogP contribution is -2.57. The van der Waals surface area contributed by atoms with Crippen molar-refractivity contribution in [2.45, 2.75) is 121 Å². The van der Waals surface area contributed by atoms with Crippen LogP contribution in [-0.4, -0.2) is 161 Å². The molecule has 4 aromatic carbocycles. The van der Waals surface area contributed by atoms with E-state index in [-0.39, 0.29) is 103 Å². The van der Waals surface area contributed by atoms with Crippen molar-refractivity contribution in [3.05, 3.63) is 146 Å². The average molecular weight is 1110 g/mol. The lowest BCUT2D eigenvalue weighted by Gasteiger charge is -2.42. The second-order valence-corrected chi connectivity index (χ2v) is 22.8. The highest BCUT2D eigenvalue weighted by Crippen LogP contribution is 2.32. The zero-order valence-corrected chi connectivity index (χ0v) is 46.2. The summed E-state index contributed by atoms with van der Waals surface area (Å²) in [5, 5.41) is 14.2. The minimum absolute atomic E-state index is 0.00830. The van der Waals surface area contributed by atoms with Gasteiger partial charge in [-0.3, -0.25) is 33.7 Å². The second kappa shape index (κ2) is 26.3. The van der Waals surface area contributed by atoms with Crippen molar-refractivity contribution in [1.29, 1.82) is 0 Å². The number of carbonyl (C=O) groups is 5. The van der Waals surface area contributed by atoms with Crippen LogP contribution in [0.5, 0.6) is 0 Å². The van der Waals surface area contributed by atoms with Gasteiger partial charge < -0.3 is 35.0 Å². The van der Waals surface area contributed by atoms with Gasteiger partial charge in [0.2, 0.25) is 17.7 Å². The van der Waals surface area contributed by atoms with Gasteiger partial charge in [-0.25, -0.2) is 18.3 Å². The number of fused-ring (bicyclic) bond motifs is 1. The van der Waals surface area contributed by atoms with Gasteiger partial charge in [0.1, 0.15) is 23.5 Å². The standard InChI is InChI=1S/C62H74F3N9O7/c1-40-31-49(81-48-20-24-70(25-21-48)39-57(76)71-27-29-72(30-28-71)61(79)52-32-41(16-19-53(52)64)33-55-50-14-5-6-15-51(50)60(78)69-68-55)22-26-74(40)62(80)58(42-9-3-2-4-10-42)67-59(77)44-12-7-11-43(34-44)46-13-8-23-73(38-46)56(75)37-66-36-45-17-18-47(63)35-54(45)65/h5-7,11-12,14-19,32,34-35,40,42,46,48-49,58,66H,2-4,8-10,13,20-31,33,36-39H2,1H3,(H,67,77)(H,69,78)/t40-,46-,49-,58-/m1/s1. The van der Waals surface area contributed by atoms with E-state index in [2.05, 4.69) is 32.7 Å². The van der Waals surface area contributed by atoms with Gasteiger partial charge in [-0.1, -0.05) is 61.7 Å². The molecule has 19 heteroatoms. The molecule has 5 amide bonds. The zero-order chi connectivity index (χ0) is 56.6. The minimum atomic E-state index is -0.662. The van der Waals surface area contributed by atoms with Crippen LogP contribution in [0.3, 0.4) is 0 Å². The van der Waals surface area contributed by atoms with Crippen molar-refractivity contribution < 1.29 is 41.9 Å². The van der Waals surface area contributed by atoms with Gasteiger partial charge in [-0.05, 0) is 112 Å². The Morgan fingerprint density at radius 3 is 2.23 bits per heavy atom. The molecule has 0 bridgehead atoms. The Hall–Kier alpha value is -6.96. The molecule has 5 fully saturated rings.